The van der Waals surface area contributed by atoms with Gasteiger partial charge in [0.15, 0.2) is 0 Å². The van der Waals surface area contributed by atoms with Crippen LogP contribution in [0.5, 0.6) is 17.4 Å². The minimum atomic E-state index is -0.488. The van der Waals surface area contributed by atoms with Crippen molar-refractivity contribution in [1.82, 2.24) is 19.2 Å². The van der Waals surface area contributed by atoms with E-state index in [0.717, 1.165) is 4.68 Å². The molecule has 0 fully saturated rings. The van der Waals surface area contributed by atoms with E-state index in [0.29, 0.717) is 22.2 Å². The molecule has 0 aliphatic rings. The molecular weight excluding hydrogens is 410 g/mol. The number of hydrogen-bond donors (Lipinski definition) is 1. The molecule has 30 heavy (non-hydrogen) atoms. The zero-order valence-electron chi connectivity index (χ0n) is 15.8. The SMILES string of the molecule is COc1ccc(NC(=O)Cn2nc3c(Oc4ccc(Cl)cc4)nccn3c2=O)cc1. The van der Waals surface area contributed by atoms with Crippen molar-refractivity contribution in [3.63, 3.8) is 0 Å². The van der Waals surface area contributed by atoms with Gasteiger partial charge in [0.25, 0.3) is 5.88 Å². The fourth-order valence-corrected chi connectivity index (χ4v) is 2.85. The molecule has 0 saturated carbocycles. The average Bonchev–Trinajstić information content (AvgIpc) is 3.07. The van der Waals surface area contributed by atoms with Crippen molar-refractivity contribution in [2.24, 2.45) is 0 Å². The number of fused-ring (bicyclic) bond motifs is 1. The standard InChI is InChI=1S/C20H16ClN5O4/c1-29-15-8-4-14(5-9-15)23-17(27)12-26-20(28)25-11-10-22-19(18(25)24-26)30-16-6-2-13(21)3-7-16/h2-11H,12H2,1H3,(H,23,27). The molecule has 0 radical (unpaired) electrons. The molecule has 2 aromatic heterocycles. The lowest BCUT2D eigenvalue weighted by Gasteiger charge is -2.05. The second kappa shape index (κ2) is 8.26. The number of hydrogen-bond acceptors (Lipinski definition) is 6. The Balaban J connectivity index is 1.55. The number of ether oxygens (including phenoxy) is 2. The average molecular weight is 426 g/mol. The van der Waals surface area contributed by atoms with Gasteiger partial charge in [-0.2, -0.15) is 0 Å². The lowest BCUT2D eigenvalue weighted by Crippen LogP contribution is -2.28. The molecular formula is C20H16ClN5O4. The fraction of sp³-hybridized carbons (Fsp3) is 0.100. The van der Waals surface area contributed by atoms with Crippen molar-refractivity contribution in [2.75, 3.05) is 12.4 Å². The lowest BCUT2D eigenvalue weighted by atomic mass is 10.3. The molecule has 0 atom stereocenters. The molecule has 9 nitrogen and oxygen atoms in total. The highest BCUT2D eigenvalue weighted by Gasteiger charge is 2.16. The molecule has 0 spiro atoms. The Morgan fingerprint density at radius 2 is 1.80 bits per heavy atom. The second-order valence-electron chi connectivity index (χ2n) is 6.20. The fourth-order valence-electron chi connectivity index (χ4n) is 2.73. The van der Waals surface area contributed by atoms with E-state index in [1.54, 1.807) is 55.6 Å². The van der Waals surface area contributed by atoms with Gasteiger partial charge in [-0.05, 0) is 48.5 Å². The first-order valence-corrected chi connectivity index (χ1v) is 9.23. The Morgan fingerprint density at radius 1 is 1.10 bits per heavy atom. The van der Waals surface area contributed by atoms with Gasteiger partial charge in [-0.3, -0.25) is 4.79 Å². The third-order valence-corrected chi connectivity index (χ3v) is 4.42. The maximum atomic E-state index is 12.6. The van der Waals surface area contributed by atoms with Gasteiger partial charge in [0, 0.05) is 23.1 Å². The molecule has 0 aliphatic carbocycles. The van der Waals surface area contributed by atoms with Gasteiger partial charge >= 0.3 is 5.69 Å². The maximum absolute atomic E-state index is 12.6. The quantitative estimate of drug-likeness (QED) is 0.509. The van der Waals surface area contributed by atoms with Crippen LogP contribution in [0.25, 0.3) is 5.65 Å². The maximum Gasteiger partial charge on any atom is 0.351 e. The largest absolute Gasteiger partial charge is 0.497 e. The number of amides is 1. The van der Waals surface area contributed by atoms with Crippen molar-refractivity contribution >= 4 is 28.8 Å². The molecule has 2 aromatic carbocycles. The zero-order chi connectivity index (χ0) is 21.1. The van der Waals surface area contributed by atoms with Crippen molar-refractivity contribution < 1.29 is 14.3 Å². The van der Waals surface area contributed by atoms with Crippen LogP contribution in [-0.2, 0) is 11.3 Å². The minimum absolute atomic E-state index is 0.131. The summed E-state index contributed by atoms with van der Waals surface area (Å²) in [7, 11) is 1.56. The molecule has 1 amide bonds. The number of carbonyl (C=O) groups is 1. The first kappa shape index (κ1) is 19.5. The smallest absolute Gasteiger partial charge is 0.351 e. The molecule has 4 rings (SSSR count). The van der Waals surface area contributed by atoms with Crippen LogP contribution in [-0.4, -0.2) is 32.2 Å². The third kappa shape index (κ3) is 4.11. The molecule has 0 saturated heterocycles. The van der Waals surface area contributed by atoms with Gasteiger partial charge < -0.3 is 14.8 Å². The van der Waals surface area contributed by atoms with Crippen molar-refractivity contribution in [3.05, 3.63) is 76.4 Å². The Hall–Kier alpha value is -3.85. The van der Waals surface area contributed by atoms with Crippen LogP contribution >= 0.6 is 11.6 Å². The monoisotopic (exact) mass is 425 g/mol. The summed E-state index contributed by atoms with van der Waals surface area (Å²) in [6.07, 6.45) is 2.88. The summed E-state index contributed by atoms with van der Waals surface area (Å²) in [6, 6.07) is 13.5. The first-order valence-electron chi connectivity index (χ1n) is 8.85. The van der Waals surface area contributed by atoms with Gasteiger partial charge in [0.2, 0.25) is 11.6 Å². The van der Waals surface area contributed by atoms with Crippen LogP contribution in [0.4, 0.5) is 5.69 Å². The summed E-state index contributed by atoms with van der Waals surface area (Å²) in [6.45, 7) is -0.271. The molecule has 0 aliphatic heterocycles. The predicted molar refractivity (Wildman–Crippen MR) is 110 cm³/mol. The number of nitrogens with one attached hydrogen (secondary N) is 1. The first-order chi connectivity index (χ1) is 14.5. The Labute approximate surface area is 175 Å². The van der Waals surface area contributed by atoms with E-state index in [9.17, 15) is 9.59 Å². The highest BCUT2D eigenvalue weighted by atomic mass is 35.5. The summed E-state index contributed by atoms with van der Waals surface area (Å²) in [5.41, 5.74) is 0.277. The Kier molecular flexibility index (Phi) is 5.36. The van der Waals surface area contributed by atoms with E-state index in [1.165, 1.54) is 16.8 Å². The van der Waals surface area contributed by atoms with E-state index in [4.69, 9.17) is 21.1 Å². The van der Waals surface area contributed by atoms with Gasteiger partial charge in [-0.15, -0.1) is 5.10 Å². The highest BCUT2D eigenvalue weighted by molar-refractivity contribution is 6.30. The molecule has 10 heteroatoms. The summed E-state index contributed by atoms with van der Waals surface area (Å²) < 4.78 is 13.1. The molecule has 0 bridgehead atoms. The van der Waals surface area contributed by atoms with Crippen LogP contribution in [0.1, 0.15) is 0 Å². The van der Waals surface area contributed by atoms with Gasteiger partial charge in [-0.25, -0.2) is 18.9 Å². The zero-order valence-corrected chi connectivity index (χ0v) is 16.5. The van der Waals surface area contributed by atoms with Gasteiger partial charge in [-0.1, -0.05) is 11.6 Å². The van der Waals surface area contributed by atoms with Crippen LogP contribution in [0.2, 0.25) is 5.02 Å². The van der Waals surface area contributed by atoms with Crippen molar-refractivity contribution in [1.29, 1.82) is 0 Å². The summed E-state index contributed by atoms with van der Waals surface area (Å²) >= 11 is 5.88. The summed E-state index contributed by atoms with van der Waals surface area (Å²) in [4.78, 5) is 29.1. The van der Waals surface area contributed by atoms with Crippen molar-refractivity contribution in [3.8, 4) is 17.4 Å². The van der Waals surface area contributed by atoms with E-state index >= 15 is 0 Å². The Morgan fingerprint density at radius 3 is 2.50 bits per heavy atom. The van der Waals surface area contributed by atoms with Crippen LogP contribution in [0.15, 0.2) is 65.7 Å². The summed E-state index contributed by atoms with van der Waals surface area (Å²) in [5, 5.41) is 7.48. The van der Waals surface area contributed by atoms with E-state index in [-0.39, 0.29) is 18.1 Å². The van der Waals surface area contributed by atoms with Gasteiger partial charge in [0.1, 0.15) is 18.0 Å². The molecule has 0 unspecified atom stereocenters. The lowest BCUT2D eigenvalue weighted by molar-refractivity contribution is -0.117. The number of aromatic nitrogens is 4. The minimum Gasteiger partial charge on any atom is -0.497 e. The number of methoxy groups -OCH3 is 1. The van der Waals surface area contributed by atoms with E-state index < -0.39 is 11.6 Å². The van der Waals surface area contributed by atoms with E-state index in [2.05, 4.69) is 15.4 Å². The molecule has 152 valence electrons. The normalized spacial score (nSPS) is 10.7. The Bertz CT molecular complexity index is 1250. The molecule has 1 N–H and O–H groups in total. The second-order valence-corrected chi connectivity index (χ2v) is 6.64. The summed E-state index contributed by atoms with van der Waals surface area (Å²) in [5.74, 6) is 0.884. The topological polar surface area (TPSA) is 99.8 Å². The number of benzene rings is 2. The van der Waals surface area contributed by atoms with Gasteiger partial charge in [0.05, 0.1) is 7.11 Å². The number of nitrogens with zero attached hydrogens (tertiary/aromatic N) is 4. The molecule has 2 heterocycles. The molecule has 4 aromatic rings. The van der Waals surface area contributed by atoms with Crippen LogP contribution in [0.3, 0.4) is 0 Å². The number of halogens is 1. The van der Waals surface area contributed by atoms with Crippen LogP contribution in [0, 0.1) is 0 Å². The highest BCUT2D eigenvalue weighted by Crippen LogP contribution is 2.23. The third-order valence-electron chi connectivity index (χ3n) is 4.16. The number of rotatable bonds is 6. The number of anilines is 1. The van der Waals surface area contributed by atoms with Crippen LogP contribution < -0.4 is 20.5 Å². The predicted octanol–water partition coefficient (Wildman–Crippen LogP) is 2.98. The number of carbonyl (C=O) groups excluding carboxylic acids is 1. The van der Waals surface area contributed by atoms with E-state index in [1.807, 2.05) is 0 Å². The van der Waals surface area contributed by atoms with Crippen molar-refractivity contribution in [2.45, 2.75) is 6.54 Å².